The lowest BCUT2D eigenvalue weighted by Crippen LogP contribution is -2.41. The van der Waals surface area contributed by atoms with Crippen LogP contribution < -0.4 is 5.32 Å². The summed E-state index contributed by atoms with van der Waals surface area (Å²) in [5.74, 6) is -2.26. The average molecular weight is 355 g/mol. The second-order valence-electron chi connectivity index (χ2n) is 5.49. The normalized spacial score (nSPS) is 15.7. The number of carbonyl (C=O) groups excluding carboxylic acids is 1. The van der Waals surface area contributed by atoms with Crippen molar-refractivity contribution in [2.24, 2.45) is 4.99 Å². The van der Waals surface area contributed by atoms with E-state index in [1.54, 1.807) is 30.3 Å². The molecule has 6 nitrogen and oxygen atoms in total. The van der Waals surface area contributed by atoms with Gasteiger partial charge in [-0.1, -0.05) is 12.6 Å². The minimum atomic E-state index is -0.911. The van der Waals surface area contributed by atoms with Crippen molar-refractivity contribution in [2.45, 2.75) is 0 Å². The second kappa shape index (κ2) is 7.22. The first kappa shape index (κ1) is 17.4. The number of nitrogens with zero attached hydrogens (tertiary/aromatic N) is 4. The molecule has 0 saturated carbocycles. The first-order valence-corrected chi connectivity index (χ1v) is 7.67. The molecule has 0 aliphatic carbocycles. The van der Waals surface area contributed by atoms with Crippen LogP contribution in [0.4, 0.5) is 8.78 Å². The van der Waals surface area contributed by atoms with Crippen LogP contribution in [0.1, 0.15) is 16.1 Å². The lowest BCUT2D eigenvalue weighted by atomic mass is 10.1. The van der Waals surface area contributed by atoms with E-state index in [1.807, 2.05) is 0 Å². The number of likely N-dealkylation sites (N-methyl/N-ethyl adjacent to an activating group) is 1. The molecule has 0 fully saturated rings. The average Bonchev–Trinajstić information content (AvgIpc) is 2.63. The summed E-state index contributed by atoms with van der Waals surface area (Å²) in [6, 6.07) is 4.97. The van der Waals surface area contributed by atoms with Crippen molar-refractivity contribution in [1.82, 2.24) is 20.2 Å². The number of aromatic nitrogens is 2. The second-order valence-corrected chi connectivity index (χ2v) is 5.49. The number of Topliss-reactive ketones (excluding diaryl/α,β-unsaturated/α-hetero) is 1. The number of halogens is 2. The predicted molar refractivity (Wildman–Crippen MR) is 93.0 cm³/mol. The van der Waals surface area contributed by atoms with Gasteiger partial charge in [-0.3, -0.25) is 4.79 Å². The van der Waals surface area contributed by atoms with Crippen molar-refractivity contribution in [3.05, 3.63) is 78.0 Å². The summed E-state index contributed by atoms with van der Waals surface area (Å²) in [5, 5.41) is 3.03. The first-order valence-electron chi connectivity index (χ1n) is 7.67. The molecule has 26 heavy (non-hydrogen) atoms. The van der Waals surface area contributed by atoms with Crippen molar-refractivity contribution in [3.63, 3.8) is 0 Å². The van der Waals surface area contributed by atoms with Crippen LogP contribution in [-0.2, 0) is 0 Å². The minimum absolute atomic E-state index is 0.316. The van der Waals surface area contributed by atoms with E-state index in [4.69, 9.17) is 0 Å². The minimum Gasteiger partial charge on any atom is -0.324 e. The Bertz CT molecular complexity index is 904. The summed E-state index contributed by atoms with van der Waals surface area (Å²) in [4.78, 5) is 25.9. The number of hydrogen-bond acceptors (Lipinski definition) is 4. The van der Waals surface area contributed by atoms with E-state index in [1.165, 1.54) is 12.4 Å². The Hall–Kier alpha value is -3.42. The highest BCUT2D eigenvalue weighted by Gasteiger charge is 2.21. The Kier molecular flexibility index (Phi) is 4.83. The Morgan fingerprint density at radius 1 is 1.31 bits per heavy atom. The van der Waals surface area contributed by atoms with Gasteiger partial charge in [0.15, 0.2) is 5.78 Å². The first-order chi connectivity index (χ1) is 12.5. The number of carbonyl (C=O) groups is 1. The fourth-order valence-corrected chi connectivity index (χ4v) is 2.36. The molecule has 1 aromatic heterocycles. The lowest BCUT2D eigenvalue weighted by molar-refractivity contribution is 0.0993. The molecule has 2 aromatic rings. The molecule has 8 heteroatoms. The number of rotatable bonds is 4. The van der Waals surface area contributed by atoms with Gasteiger partial charge in [-0.2, -0.15) is 0 Å². The maximum absolute atomic E-state index is 13.7. The molecule has 2 heterocycles. The smallest absolute Gasteiger partial charge is 0.203 e. The van der Waals surface area contributed by atoms with Crippen molar-refractivity contribution in [3.8, 4) is 0 Å². The van der Waals surface area contributed by atoms with Gasteiger partial charge in [0, 0.05) is 18.9 Å². The van der Waals surface area contributed by atoms with Gasteiger partial charge in [0.2, 0.25) is 5.96 Å². The molecule has 0 saturated heterocycles. The molecule has 0 amide bonds. The molecular formula is C18H15F2N5O. The van der Waals surface area contributed by atoms with Gasteiger partial charge >= 0.3 is 0 Å². The summed E-state index contributed by atoms with van der Waals surface area (Å²) < 4.78 is 27.4. The van der Waals surface area contributed by atoms with Gasteiger partial charge in [-0.15, -0.1) is 0 Å². The van der Waals surface area contributed by atoms with Crippen LogP contribution in [0.3, 0.4) is 0 Å². The SMILES string of the molecule is C=C1C=C(c2ccncn2)NC(=NCC(=O)c2c(F)cccc2F)N1C. The molecule has 1 aliphatic rings. The largest absolute Gasteiger partial charge is 0.324 e. The summed E-state index contributed by atoms with van der Waals surface area (Å²) in [6.45, 7) is 3.49. The number of aliphatic imine (C=N–C) groups is 1. The Morgan fingerprint density at radius 3 is 2.69 bits per heavy atom. The summed E-state index contributed by atoms with van der Waals surface area (Å²) >= 11 is 0. The molecule has 0 bridgehead atoms. The van der Waals surface area contributed by atoms with Crippen LogP contribution in [0, 0.1) is 11.6 Å². The van der Waals surface area contributed by atoms with E-state index in [0.29, 0.717) is 23.0 Å². The quantitative estimate of drug-likeness (QED) is 0.853. The lowest BCUT2D eigenvalue weighted by Gasteiger charge is -2.28. The fraction of sp³-hybridized carbons (Fsp3) is 0.111. The van der Waals surface area contributed by atoms with E-state index in [2.05, 4.69) is 26.9 Å². The number of hydrogen-bond donors (Lipinski definition) is 1. The van der Waals surface area contributed by atoms with Gasteiger partial charge in [-0.25, -0.2) is 23.7 Å². The molecule has 0 spiro atoms. The van der Waals surface area contributed by atoms with Crippen LogP contribution in [0.2, 0.25) is 0 Å². The zero-order valence-electron chi connectivity index (χ0n) is 13.9. The highest BCUT2D eigenvalue weighted by Crippen LogP contribution is 2.18. The van der Waals surface area contributed by atoms with Gasteiger partial charge in [0.05, 0.1) is 17.0 Å². The molecule has 0 radical (unpaired) electrons. The van der Waals surface area contributed by atoms with Gasteiger partial charge < -0.3 is 10.2 Å². The maximum atomic E-state index is 13.7. The topological polar surface area (TPSA) is 70.5 Å². The van der Waals surface area contributed by atoms with Gasteiger partial charge in [0.25, 0.3) is 0 Å². The van der Waals surface area contributed by atoms with Crippen molar-refractivity contribution in [1.29, 1.82) is 0 Å². The molecule has 3 rings (SSSR count). The van der Waals surface area contributed by atoms with Crippen LogP contribution >= 0.6 is 0 Å². The third-order valence-corrected chi connectivity index (χ3v) is 3.78. The molecule has 1 aliphatic heterocycles. The Morgan fingerprint density at radius 2 is 2.04 bits per heavy atom. The third kappa shape index (κ3) is 3.49. The predicted octanol–water partition coefficient (Wildman–Crippen LogP) is 2.38. The number of ketones is 1. The highest BCUT2D eigenvalue weighted by molar-refractivity contribution is 6.00. The molecule has 0 atom stereocenters. The third-order valence-electron chi connectivity index (χ3n) is 3.78. The molecule has 1 N–H and O–H groups in total. The highest BCUT2D eigenvalue weighted by atomic mass is 19.1. The van der Waals surface area contributed by atoms with E-state index >= 15 is 0 Å². The standard InChI is InChI=1S/C18H15F2N5O/c1-11-8-15(14-6-7-21-10-23-14)24-18(25(11)2)22-9-16(26)17-12(19)4-3-5-13(17)20/h3-8,10H,1,9H2,2H3,(H,22,24). The van der Waals surface area contributed by atoms with Crippen LogP contribution in [0.25, 0.3) is 5.70 Å². The van der Waals surface area contributed by atoms with Crippen molar-refractivity contribution in [2.75, 3.05) is 13.6 Å². The summed E-state index contributed by atoms with van der Waals surface area (Å²) in [7, 11) is 1.70. The molecule has 0 unspecified atom stereocenters. The van der Waals surface area contributed by atoms with Crippen molar-refractivity contribution >= 4 is 17.4 Å². The Labute approximate surface area is 148 Å². The molecular weight excluding hydrogens is 340 g/mol. The molecule has 1 aromatic carbocycles. The number of nitrogens with one attached hydrogen (secondary N) is 1. The van der Waals surface area contributed by atoms with Gasteiger partial charge in [-0.05, 0) is 24.3 Å². The Balaban J connectivity index is 1.83. The zero-order chi connectivity index (χ0) is 18.7. The zero-order valence-corrected chi connectivity index (χ0v) is 13.9. The van der Waals surface area contributed by atoms with E-state index in [9.17, 15) is 13.6 Å². The van der Waals surface area contributed by atoms with Crippen LogP contribution in [-0.4, -0.2) is 40.2 Å². The van der Waals surface area contributed by atoms with E-state index < -0.39 is 29.5 Å². The fourth-order valence-electron chi connectivity index (χ4n) is 2.36. The summed E-state index contributed by atoms with van der Waals surface area (Å²) in [5.41, 5.74) is 1.26. The molecule has 132 valence electrons. The number of guanidine groups is 1. The summed E-state index contributed by atoms with van der Waals surface area (Å²) in [6.07, 6.45) is 4.76. The number of allylic oxidation sites excluding steroid dienone is 1. The van der Waals surface area contributed by atoms with Crippen LogP contribution in [0.15, 0.2) is 60.1 Å². The van der Waals surface area contributed by atoms with E-state index in [-0.39, 0.29) is 0 Å². The maximum Gasteiger partial charge on any atom is 0.203 e. The number of benzene rings is 1. The van der Waals surface area contributed by atoms with Crippen molar-refractivity contribution < 1.29 is 13.6 Å². The monoisotopic (exact) mass is 355 g/mol. The van der Waals surface area contributed by atoms with E-state index in [0.717, 1.165) is 12.1 Å². The van der Waals surface area contributed by atoms with Crippen LogP contribution in [0.5, 0.6) is 0 Å². The van der Waals surface area contributed by atoms with Gasteiger partial charge in [0.1, 0.15) is 24.5 Å².